The predicted molar refractivity (Wildman–Crippen MR) is 68.4 cm³/mol. The Morgan fingerprint density at radius 3 is 2.94 bits per heavy atom. The third-order valence-corrected chi connectivity index (χ3v) is 3.31. The molecule has 0 aliphatic carbocycles. The van der Waals surface area contributed by atoms with Crippen molar-refractivity contribution < 1.29 is 15.0 Å². The van der Waals surface area contributed by atoms with Crippen molar-refractivity contribution in [3.63, 3.8) is 0 Å². The number of amides is 1. The second kappa shape index (κ2) is 5.84. The number of hydrogen-bond acceptors (Lipinski definition) is 4. The van der Waals surface area contributed by atoms with Crippen LogP contribution in [0.4, 0.5) is 5.69 Å². The lowest BCUT2D eigenvalue weighted by Crippen LogP contribution is -2.38. The Bertz CT molecular complexity index is 417. The molecule has 1 aromatic rings. The Balaban J connectivity index is 2.16. The van der Waals surface area contributed by atoms with Gasteiger partial charge in [0.1, 0.15) is 5.75 Å². The van der Waals surface area contributed by atoms with E-state index < -0.39 is 6.10 Å². The fraction of sp³-hybridized carbons (Fsp3) is 0.462. The molecule has 0 saturated carbocycles. The molecule has 1 heterocycles. The van der Waals surface area contributed by atoms with Crippen molar-refractivity contribution in [3.8, 4) is 5.75 Å². The molecule has 5 heteroatoms. The van der Waals surface area contributed by atoms with Crippen molar-refractivity contribution in [2.24, 2.45) is 0 Å². The zero-order valence-corrected chi connectivity index (χ0v) is 10.1. The number of aliphatic hydroxyl groups is 1. The van der Waals surface area contributed by atoms with Crippen molar-refractivity contribution >= 4 is 12.1 Å². The number of carbonyl (C=O) groups is 1. The third-order valence-electron chi connectivity index (χ3n) is 3.31. The average Bonchev–Trinajstić information content (AvgIpc) is 2.42. The molecule has 2 atom stereocenters. The van der Waals surface area contributed by atoms with Gasteiger partial charge in [-0.15, -0.1) is 0 Å². The molecular weight excluding hydrogens is 232 g/mol. The van der Waals surface area contributed by atoms with Crippen LogP contribution in [0.15, 0.2) is 18.2 Å². The standard InChI is InChI=1S/C13H18N2O3/c16-8-15-11-7-9(4-5-12(11)17)13(18)10-3-1-2-6-14-10/h4-5,7-8,10,13-14,17-18H,1-3,6H2,(H,15,16). The molecule has 2 rings (SSSR count). The molecule has 1 aliphatic rings. The highest BCUT2D eigenvalue weighted by Crippen LogP contribution is 2.29. The van der Waals surface area contributed by atoms with Crippen LogP contribution in [0.5, 0.6) is 5.75 Å². The Kier molecular flexibility index (Phi) is 4.17. The first-order valence-electron chi connectivity index (χ1n) is 6.17. The molecule has 1 aliphatic heterocycles. The molecule has 0 radical (unpaired) electrons. The van der Waals surface area contributed by atoms with E-state index in [4.69, 9.17) is 0 Å². The molecule has 5 nitrogen and oxygen atoms in total. The number of carbonyl (C=O) groups excluding carboxylic acids is 1. The van der Waals surface area contributed by atoms with Crippen LogP contribution in [-0.4, -0.2) is 29.2 Å². The summed E-state index contributed by atoms with van der Waals surface area (Å²) in [7, 11) is 0. The first-order valence-corrected chi connectivity index (χ1v) is 6.17. The first kappa shape index (κ1) is 12.9. The lowest BCUT2D eigenvalue weighted by atomic mass is 9.94. The smallest absolute Gasteiger partial charge is 0.211 e. The fourth-order valence-corrected chi connectivity index (χ4v) is 2.30. The molecule has 0 aromatic heterocycles. The van der Waals surface area contributed by atoms with E-state index in [1.165, 1.54) is 6.07 Å². The molecule has 1 fully saturated rings. The summed E-state index contributed by atoms with van der Waals surface area (Å²) in [6.45, 7) is 0.916. The number of benzene rings is 1. The second-order valence-electron chi connectivity index (χ2n) is 4.54. The van der Waals surface area contributed by atoms with Gasteiger partial charge >= 0.3 is 0 Å². The van der Waals surface area contributed by atoms with Gasteiger partial charge in [-0.25, -0.2) is 0 Å². The monoisotopic (exact) mass is 250 g/mol. The van der Waals surface area contributed by atoms with E-state index in [9.17, 15) is 15.0 Å². The molecule has 18 heavy (non-hydrogen) atoms. The SMILES string of the molecule is O=CNc1cc(C(O)C2CCCCN2)ccc1O. The van der Waals surface area contributed by atoms with Gasteiger partial charge in [0.25, 0.3) is 0 Å². The van der Waals surface area contributed by atoms with Gasteiger partial charge in [-0.3, -0.25) is 4.79 Å². The normalized spacial score (nSPS) is 21.3. The lowest BCUT2D eigenvalue weighted by molar-refractivity contribution is -0.105. The van der Waals surface area contributed by atoms with Gasteiger partial charge in [0.05, 0.1) is 11.8 Å². The van der Waals surface area contributed by atoms with Gasteiger partial charge in [0.2, 0.25) is 6.41 Å². The van der Waals surface area contributed by atoms with Gasteiger partial charge in [-0.05, 0) is 37.1 Å². The molecule has 1 aromatic carbocycles. The number of aliphatic hydroxyl groups excluding tert-OH is 1. The predicted octanol–water partition coefficient (Wildman–Crippen LogP) is 1.14. The summed E-state index contributed by atoms with van der Waals surface area (Å²) in [6, 6.07) is 4.79. The summed E-state index contributed by atoms with van der Waals surface area (Å²) in [4.78, 5) is 10.4. The Morgan fingerprint density at radius 1 is 1.44 bits per heavy atom. The quantitative estimate of drug-likeness (QED) is 0.477. The highest BCUT2D eigenvalue weighted by Gasteiger charge is 2.23. The molecular formula is C13H18N2O3. The van der Waals surface area contributed by atoms with Crippen LogP contribution < -0.4 is 10.6 Å². The third kappa shape index (κ3) is 2.80. The number of piperidine rings is 1. The summed E-state index contributed by atoms with van der Waals surface area (Å²) in [5.74, 6) is -0.00495. The van der Waals surface area contributed by atoms with E-state index in [0.717, 1.165) is 25.8 Å². The summed E-state index contributed by atoms with van der Waals surface area (Å²) < 4.78 is 0. The van der Waals surface area contributed by atoms with Crippen LogP contribution in [0.2, 0.25) is 0 Å². The van der Waals surface area contributed by atoms with Crippen LogP contribution >= 0.6 is 0 Å². The molecule has 2 unspecified atom stereocenters. The van der Waals surface area contributed by atoms with E-state index in [1.807, 2.05) is 0 Å². The molecule has 4 N–H and O–H groups in total. The van der Waals surface area contributed by atoms with Crippen LogP contribution in [0.25, 0.3) is 0 Å². The van der Waals surface area contributed by atoms with Crippen molar-refractivity contribution in [1.29, 1.82) is 0 Å². The molecule has 0 bridgehead atoms. The number of anilines is 1. The molecule has 98 valence electrons. The van der Waals surface area contributed by atoms with E-state index in [-0.39, 0.29) is 11.8 Å². The lowest BCUT2D eigenvalue weighted by Gasteiger charge is -2.28. The summed E-state index contributed by atoms with van der Waals surface area (Å²) >= 11 is 0. The highest BCUT2D eigenvalue weighted by molar-refractivity contribution is 5.75. The summed E-state index contributed by atoms with van der Waals surface area (Å²) in [5, 5.41) is 25.5. The Morgan fingerprint density at radius 2 is 2.28 bits per heavy atom. The maximum Gasteiger partial charge on any atom is 0.211 e. The van der Waals surface area contributed by atoms with Crippen molar-refractivity contribution in [2.75, 3.05) is 11.9 Å². The minimum atomic E-state index is -0.627. The zero-order chi connectivity index (χ0) is 13.0. The van der Waals surface area contributed by atoms with Crippen LogP contribution in [-0.2, 0) is 4.79 Å². The highest BCUT2D eigenvalue weighted by atomic mass is 16.3. The number of hydrogen-bond donors (Lipinski definition) is 4. The average molecular weight is 250 g/mol. The van der Waals surface area contributed by atoms with Crippen molar-refractivity contribution in [1.82, 2.24) is 5.32 Å². The van der Waals surface area contributed by atoms with Crippen LogP contribution in [0.3, 0.4) is 0 Å². The number of aromatic hydroxyl groups is 1. The minimum Gasteiger partial charge on any atom is -0.506 e. The number of phenols is 1. The summed E-state index contributed by atoms with van der Waals surface area (Å²) in [5.41, 5.74) is 1.01. The van der Waals surface area contributed by atoms with Gasteiger partial charge in [0, 0.05) is 6.04 Å². The van der Waals surface area contributed by atoms with E-state index >= 15 is 0 Å². The zero-order valence-electron chi connectivity index (χ0n) is 10.1. The largest absolute Gasteiger partial charge is 0.506 e. The van der Waals surface area contributed by atoms with Gasteiger partial charge in [-0.1, -0.05) is 12.5 Å². The maximum absolute atomic E-state index is 10.4. The van der Waals surface area contributed by atoms with Gasteiger partial charge in [-0.2, -0.15) is 0 Å². The van der Waals surface area contributed by atoms with Crippen LogP contribution in [0.1, 0.15) is 30.9 Å². The summed E-state index contributed by atoms with van der Waals surface area (Å²) in [6.07, 6.45) is 3.05. The molecule has 0 spiro atoms. The number of rotatable bonds is 4. The Labute approximate surface area is 106 Å². The second-order valence-corrected chi connectivity index (χ2v) is 4.54. The number of phenolic OH excluding ortho intramolecular Hbond substituents is 1. The van der Waals surface area contributed by atoms with Gasteiger partial charge < -0.3 is 20.8 Å². The molecule has 1 amide bonds. The van der Waals surface area contributed by atoms with Crippen molar-refractivity contribution in [2.45, 2.75) is 31.4 Å². The van der Waals surface area contributed by atoms with E-state index in [2.05, 4.69) is 10.6 Å². The minimum absolute atomic E-state index is 0.00495. The maximum atomic E-state index is 10.4. The first-order chi connectivity index (χ1) is 8.72. The van der Waals surface area contributed by atoms with Gasteiger partial charge in [0.15, 0.2) is 0 Å². The van der Waals surface area contributed by atoms with Crippen molar-refractivity contribution in [3.05, 3.63) is 23.8 Å². The Hall–Kier alpha value is -1.59. The topological polar surface area (TPSA) is 81.6 Å². The van der Waals surface area contributed by atoms with E-state index in [0.29, 0.717) is 17.7 Å². The molecule has 1 saturated heterocycles. The number of nitrogens with one attached hydrogen (secondary N) is 2. The van der Waals surface area contributed by atoms with Crippen LogP contribution in [0, 0.1) is 0 Å². The fourth-order valence-electron chi connectivity index (χ4n) is 2.30. The van der Waals surface area contributed by atoms with E-state index in [1.54, 1.807) is 12.1 Å².